The van der Waals surface area contributed by atoms with Crippen LogP contribution >= 0.6 is 11.3 Å². The zero-order valence-corrected chi connectivity index (χ0v) is 29.5. The molecule has 0 aliphatic carbocycles. The Balaban J connectivity index is 1.11. The minimum absolute atomic E-state index is 0.951. The Hall–Kier alpha value is -6.68. The molecule has 0 aliphatic heterocycles. The molecule has 248 valence electrons. The maximum Gasteiger partial charge on any atom is 0.144 e. The first kappa shape index (κ1) is 30.0. The molecule has 0 unspecified atom stereocenters. The van der Waals surface area contributed by atoms with Gasteiger partial charge in [0.2, 0.25) is 0 Å². The lowest BCUT2D eigenvalue weighted by Gasteiger charge is -2.26. The van der Waals surface area contributed by atoms with Gasteiger partial charge in [0, 0.05) is 53.4 Å². The highest BCUT2D eigenvalue weighted by Gasteiger charge is 2.20. The molecule has 11 rings (SSSR count). The van der Waals surface area contributed by atoms with Crippen molar-refractivity contribution in [1.82, 2.24) is 0 Å². The Labute approximate surface area is 310 Å². The zero-order chi connectivity index (χ0) is 34.9. The maximum atomic E-state index is 6.86. The van der Waals surface area contributed by atoms with Crippen molar-refractivity contribution in [3.63, 3.8) is 0 Å². The molecule has 0 aliphatic rings. The Bertz CT molecular complexity index is 3170. The van der Waals surface area contributed by atoms with Crippen molar-refractivity contribution in [1.29, 1.82) is 0 Å². The number of thiophene rings is 1. The molecule has 0 fully saturated rings. The summed E-state index contributed by atoms with van der Waals surface area (Å²) in [6.45, 7) is 0. The summed E-state index contributed by atoms with van der Waals surface area (Å²) in [6.07, 6.45) is 0. The van der Waals surface area contributed by atoms with Crippen LogP contribution in [0.4, 0.5) is 17.1 Å². The average molecular weight is 694 g/mol. The lowest BCUT2D eigenvalue weighted by Crippen LogP contribution is -2.10. The second-order valence-electron chi connectivity index (χ2n) is 13.7. The first-order valence-corrected chi connectivity index (χ1v) is 18.8. The van der Waals surface area contributed by atoms with Crippen LogP contribution < -0.4 is 4.90 Å². The van der Waals surface area contributed by atoms with Crippen molar-refractivity contribution < 1.29 is 4.42 Å². The number of furan rings is 1. The van der Waals surface area contributed by atoms with Gasteiger partial charge in [-0.05, 0) is 99.1 Å². The van der Waals surface area contributed by atoms with Crippen molar-refractivity contribution >= 4 is 92.1 Å². The summed E-state index contributed by atoms with van der Waals surface area (Å²) in [7, 11) is 0. The van der Waals surface area contributed by atoms with Crippen molar-refractivity contribution in [2.45, 2.75) is 0 Å². The molecule has 0 bridgehead atoms. The second-order valence-corrected chi connectivity index (χ2v) is 14.8. The Morgan fingerprint density at radius 3 is 1.87 bits per heavy atom. The van der Waals surface area contributed by atoms with Crippen LogP contribution in [-0.4, -0.2) is 0 Å². The highest BCUT2D eigenvalue weighted by atomic mass is 32.1. The molecule has 0 spiro atoms. The molecule has 9 aromatic carbocycles. The molecular formula is C50H31NOS. The number of fused-ring (bicyclic) bond motifs is 10. The van der Waals surface area contributed by atoms with Crippen molar-refractivity contribution in [2.24, 2.45) is 0 Å². The number of anilines is 3. The summed E-state index contributed by atoms with van der Waals surface area (Å²) >= 11 is 1.82. The average Bonchev–Trinajstić information content (AvgIpc) is 3.80. The van der Waals surface area contributed by atoms with Crippen LogP contribution in [0.15, 0.2) is 192 Å². The third kappa shape index (κ3) is 4.86. The van der Waals surface area contributed by atoms with Gasteiger partial charge in [0.25, 0.3) is 0 Å². The highest BCUT2D eigenvalue weighted by molar-refractivity contribution is 7.26. The van der Waals surface area contributed by atoms with E-state index in [1.54, 1.807) is 0 Å². The molecular weight excluding hydrogens is 663 g/mol. The smallest absolute Gasteiger partial charge is 0.144 e. The van der Waals surface area contributed by atoms with Gasteiger partial charge in [0.15, 0.2) is 0 Å². The first-order chi connectivity index (χ1) is 26.3. The number of benzene rings is 9. The minimum atomic E-state index is 0.951. The number of hydrogen-bond donors (Lipinski definition) is 0. The number of rotatable bonds is 5. The van der Waals surface area contributed by atoms with Crippen LogP contribution in [0.5, 0.6) is 0 Å². The fourth-order valence-corrected chi connectivity index (χ4v) is 9.20. The summed E-state index contributed by atoms with van der Waals surface area (Å²) in [5.41, 5.74) is 10.0. The normalized spacial score (nSPS) is 11.8. The summed E-state index contributed by atoms with van der Waals surface area (Å²) in [5.74, 6) is 0. The van der Waals surface area contributed by atoms with E-state index in [-0.39, 0.29) is 0 Å². The molecule has 3 heteroatoms. The fourth-order valence-electron chi connectivity index (χ4n) is 8.12. The topological polar surface area (TPSA) is 16.4 Å². The van der Waals surface area contributed by atoms with Gasteiger partial charge in [-0.15, -0.1) is 11.3 Å². The summed E-state index contributed by atoms with van der Waals surface area (Å²) in [5, 5.41) is 9.52. The van der Waals surface area contributed by atoms with E-state index < -0.39 is 0 Å². The van der Waals surface area contributed by atoms with Gasteiger partial charge in [0.05, 0.1) is 0 Å². The largest absolute Gasteiger partial charge is 0.455 e. The van der Waals surface area contributed by atoms with Crippen LogP contribution in [0, 0.1) is 0 Å². The molecule has 11 aromatic rings. The third-order valence-corrected chi connectivity index (χ3v) is 11.8. The van der Waals surface area contributed by atoms with Gasteiger partial charge >= 0.3 is 0 Å². The SMILES string of the molecule is c1ccc(-c2cccc(N(c3ccc(-c4cccc5ccccc45)cc3)c3ccc4sc5ccc6c7ccc8ccccc8c7oc6c5c4c3)c2)cc1. The van der Waals surface area contributed by atoms with Gasteiger partial charge in [-0.2, -0.15) is 0 Å². The van der Waals surface area contributed by atoms with E-state index in [2.05, 4.69) is 193 Å². The number of nitrogens with zero attached hydrogens (tertiary/aromatic N) is 1. The van der Waals surface area contributed by atoms with E-state index in [0.29, 0.717) is 0 Å². The monoisotopic (exact) mass is 693 g/mol. The Kier molecular flexibility index (Phi) is 6.76. The van der Waals surface area contributed by atoms with Crippen LogP contribution in [0.1, 0.15) is 0 Å². The van der Waals surface area contributed by atoms with Crippen LogP contribution in [0.3, 0.4) is 0 Å². The Morgan fingerprint density at radius 2 is 1.00 bits per heavy atom. The molecule has 0 N–H and O–H groups in total. The van der Waals surface area contributed by atoms with E-state index in [0.717, 1.165) is 44.4 Å². The summed E-state index contributed by atoms with van der Waals surface area (Å²) in [6, 6.07) is 67.9. The minimum Gasteiger partial charge on any atom is -0.455 e. The first-order valence-electron chi connectivity index (χ1n) is 18.0. The fraction of sp³-hybridized carbons (Fsp3) is 0. The predicted molar refractivity (Wildman–Crippen MR) is 227 cm³/mol. The lowest BCUT2D eigenvalue weighted by atomic mass is 9.98. The van der Waals surface area contributed by atoms with Gasteiger partial charge in [-0.25, -0.2) is 0 Å². The van der Waals surface area contributed by atoms with Crippen molar-refractivity contribution in [3.05, 3.63) is 188 Å². The maximum absolute atomic E-state index is 6.86. The molecule has 0 saturated heterocycles. The van der Waals surface area contributed by atoms with Gasteiger partial charge < -0.3 is 9.32 Å². The van der Waals surface area contributed by atoms with E-state index >= 15 is 0 Å². The Morgan fingerprint density at radius 1 is 0.358 bits per heavy atom. The van der Waals surface area contributed by atoms with Gasteiger partial charge in [-0.1, -0.05) is 127 Å². The molecule has 0 atom stereocenters. The number of hydrogen-bond acceptors (Lipinski definition) is 3. The standard InChI is InChI=1S/C50H31NOS/c1-2-10-32(11-3-1)36-15-8-16-38(30-36)51(37-23-20-35(21-24-37)41-19-9-14-33-12-4-6-17-40(33)41)39-25-28-46-45(31-39)48-47(53-46)29-27-44-43-26-22-34-13-5-7-18-42(34)49(43)52-50(44)48/h1-31H. The molecule has 2 aromatic heterocycles. The predicted octanol–water partition coefficient (Wildman–Crippen LogP) is 15.1. The van der Waals surface area contributed by atoms with E-state index in [4.69, 9.17) is 4.42 Å². The van der Waals surface area contributed by atoms with Crippen LogP contribution in [0.25, 0.3) is 85.9 Å². The van der Waals surface area contributed by atoms with Crippen LogP contribution in [-0.2, 0) is 0 Å². The highest BCUT2D eigenvalue weighted by Crippen LogP contribution is 2.46. The summed E-state index contributed by atoms with van der Waals surface area (Å²) < 4.78 is 9.33. The molecule has 0 amide bonds. The van der Waals surface area contributed by atoms with Gasteiger partial charge in [0.1, 0.15) is 11.2 Å². The van der Waals surface area contributed by atoms with Crippen molar-refractivity contribution in [2.75, 3.05) is 4.90 Å². The molecule has 2 nitrogen and oxygen atoms in total. The lowest BCUT2D eigenvalue weighted by molar-refractivity contribution is 0.677. The van der Waals surface area contributed by atoms with Gasteiger partial charge in [-0.3, -0.25) is 0 Å². The molecule has 2 heterocycles. The quantitative estimate of drug-likeness (QED) is 0.178. The third-order valence-electron chi connectivity index (χ3n) is 10.6. The van der Waals surface area contributed by atoms with E-state index in [9.17, 15) is 0 Å². The second kappa shape index (κ2) is 11.9. The summed E-state index contributed by atoms with van der Waals surface area (Å²) in [4.78, 5) is 2.38. The van der Waals surface area contributed by atoms with Crippen molar-refractivity contribution in [3.8, 4) is 22.3 Å². The molecule has 0 radical (unpaired) electrons. The molecule has 53 heavy (non-hydrogen) atoms. The zero-order valence-electron chi connectivity index (χ0n) is 28.7. The van der Waals surface area contributed by atoms with E-state index in [1.807, 2.05) is 11.3 Å². The molecule has 0 saturated carbocycles. The van der Waals surface area contributed by atoms with Crippen LogP contribution in [0.2, 0.25) is 0 Å². The van der Waals surface area contributed by atoms with E-state index in [1.165, 1.54) is 58.6 Å².